The highest BCUT2D eigenvalue weighted by atomic mass is 16.2. The van der Waals surface area contributed by atoms with E-state index in [0.717, 1.165) is 35.3 Å². The molecular formula is C18H26N4O. The van der Waals surface area contributed by atoms with Gasteiger partial charge in [0.25, 0.3) is 0 Å². The molecule has 5 heteroatoms. The van der Waals surface area contributed by atoms with E-state index < -0.39 is 0 Å². The van der Waals surface area contributed by atoms with Crippen molar-refractivity contribution in [2.45, 2.75) is 65.1 Å². The van der Waals surface area contributed by atoms with Gasteiger partial charge in [0, 0.05) is 18.6 Å². The monoisotopic (exact) mass is 314 g/mol. The molecule has 1 saturated carbocycles. The summed E-state index contributed by atoms with van der Waals surface area (Å²) in [7, 11) is 0. The second-order valence-corrected chi connectivity index (χ2v) is 6.75. The first kappa shape index (κ1) is 15.8. The summed E-state index contributed by atoms with van der Waals surface area (Å²) in [5, 5.41) is 5.99. The Morgan fingerprint density at radius 3 is 2.78 bits per heavy atom. The van der Waals surface area contributed by atoms with E-state index in [2.05, 4.69) is 52.2 Å². The third-order valence-electron chi connectivity index (χ3n) is 4.59. The van der Waals surface area contributed by atoms with Crippen LogP contribution in [0.1, 0.15) is 57.0 Å². The Kier molecular flexibility index (Phi) is 4.55. The fraction of sp³-hybridized carbons (Fsp3) is 0.556. The Labute approximate surface area is 137 Å². The van der Waals surface area contributed by atoms with Crippen molar-refractivity contribution in [3.05, 3.63) is 29.6 Å². The number of rotatable bonds is 4. The molecular weight excluding hydrogens is 288 g/mol. The lowest BCUT2D eigenvalue weighted by atomic mass is 10.2. The normalized spacial score (nSPS) is 15.5. The Balaban J connectivity index is 1.65. The van der Waals surface area contributed by atoms with Crippen LogP contribution in [-0.4, -0.2) is 21.6 Å². The molecule has 2 N–H and O–H groups in total. The van der Waals surface area contributed by atoms with E-state index in [4.69, 9.17) is 0 Å². The van der Waals surface area contributed by atoms with Crippen LogP contribution in [0.4, 0.5) is 4.79 Å². The number of amides is 2. The van der Waals surface area contributed by atoms with E-state index in [-0.39, 0.29) is 6.03 Å². The topological polar surface area (TPSA) is 59.0 Å². The van der Waals surface area contributed by atoms with Gasteiger partial charge in [-0.3, -0.25) is 0 Å². The van der Waals surface area contributed by atoms with Crippen molar-refractivity contribution in [3.63, 3.8) is 0 Å². The zero-order chi connectivity index (χ0) is 16.4. The quantitative estimate of drug-likeness (QED) is 0.904. The van der Waals surface area contributed by atoms with Crippen LogP contribution in [0.5, 0.6) is 0 Å². The maximum Gasteiger partial charge on any atom is 0.315 e. The standard InChI is InChI=1S/C18H26N4O/c1-12(2)22-13(3)20-16-10-14(8-9-17(16)22)11-19-18(23)21-15-6-4-5-7-15/h8-10,12,15H,4-7,11H2,1-3H3,(H2,19,21,23). The predicted octanol–water partition coefficient (Wildman–Crippen LogP) is 3.67. The van der Waals surface area contributed by atoms with Crippen LogP contribution in [0.25, 0.3) is 11.0 Å². The van der Waals surface area contributed by atoms with Gasteiger partial charge in [0.1, 0.15) is 5.82 Å². The van der Waals surface area contributed by atoms with E-state index in [1.165, 1.54) is 12.8 Å². The molecule has 3 rings (SSSR count). The fourth-order valence-electron chi connectivity index (χ4n) is 3.52. The lowest BCUT2D eigenvalue weighted by Gasteiger charge is -2.13. The SMILES string of the molecule is Cc1nc2cc(CNC(=O)NC3CCCC3)ccc2n1C(C)C. The number of urea groups is 1. The van der Waals surface area contributed by atoms with Gasteiger partial charge in [-0.1, -0.05) is 18.9 Å². The number of aromatic nitrogens is 2. The minimum atomic E-state index is -0.0686. The number of nitrogens with zero attached hydrogens (tertiary/aromatic N) is 2. The Morgan fingerprint density at radius 2 is 2.09 bits per heavy atom. The Hall–Kier alpha value is -2.04. The third-order valence-corrected chi connectivity index (χ3v) is 4.59. The molecule has 2 aromatic rings. The highest BCUT2D eigenvalue weighted by molar-refractivity contribution is 5.78. The van der Waals surface area contributed by atoms with Crippen molar-refractivity contribution >= 4 is 17.1 Å². The first-order valence-electron chi connectivity index (χ1n) is 8.56. The molecule has 1 aromatic heterocycles. The van der Waals surface area contributed by atoms with Crippen LogP contribution < -0.4 is 10.6 Å². The number of fused-ring (bicyclic) bond motifs is 1. The average molecular weight is 314 g/mol. The van der Waals surface area contributed by atoms with Crippen molar-refractivity contribution < 1.29 is 4.79 Å². The molecule has 2 amide bonds. The van der Waals surface area contributed by atoms with Gasteiger partial charge in [0.2, 0.25) is 0 Å². The first-order valence-corrected chi connectivity index (χ1v) is 8.56. The Bertz CT molecular complexity index is 698. The van der Waals surface area contributed by atoms with Crippen molar-refractivity contribution in [1.82, 2.24) is 20.2 Å². The molecule has 1 aromatic carbocycles. The van der Waals surface area contributed by atoms with Crippen molar-refractivity contribution in [2.75, 3.05) is 0 Å². The molecule has 0 saturated heterocycles. The number of hydrogen-bond donors (Lipinski definition) is 2. The summed E-state index contributed by atoms with van der Waals surface area (Å²) < 4.78 is 2.24. The molecule has 0 radical (unpaired) electrons. The van der Waals surface area contributed by atoms with E-state index in [9.17, 15) is 4.79 Å². The number of nitrogens with one attached hydrogen (secondary N) is 2. The molecule has 0 unspecified atom stereocenters. The average Bonchev–Trinajstić information content (AvgIpc) is 3.10. The van der Waals surface area contributed by atoms with Gasteiger partial charge in [-0.15, -0.1) is 0 Å². The van der Waals surface area contributed by atoms with E-state index in [1.807, 2.05) is 6.92 Å². The van der Waals surface area contributed by atoms with Crippen molar-refractivity contribution in [2.24, 2.45) is 0 Å². The van der Waals surface area contributed by atoms with Crippen LogP contribution in [0.15, 0.2) is 18.2 Å². The van der Waals surface area contributed by atoms with Gasteiger partial charge in [-0.2, -0.15) is 0 Å². The molecule has 0 spiro atoms. The highest BCUT2D eigenvalue weighted by Crippen LogP contribution is 2.22. The van der Waals surface area contributed by atoms with Crippen molar-refractivity contribution in [3.8, 4) is 0 Å². The molecule has 0 aliphatic heterocycles. The molecule has 1 aliphatic carbocycles. The Morgan fingerprint density at radius 1 is 1.35 bits per heavy atom. The summed E-state index contributed by atoms with van der Waals surface area (Å²) in [6.45, 7) is 6.89. The number of carbonyl (C=O) groups is 1. The van der Waals surface area contributed by atoms with Gasteiger partial charge in [0.15, 0.2) is 0 Å². The van der Waals surface area contributed by atoms with Crippen LogP contribution in [0.3, 0.4) is 0 Å². The van der Waals surface area contributed by atoms with Crippen LogP contribution in [-0.2, 0) is 6.54 Å². The maximum absolute atomic E-state index is 11.9. The molecule has 0 bridgehead atoms. The zero-order valence-electron chi connectivity index (χ0n) is 14.2. The minimum absolute atomic E-state index is 0.0686. The molecule has 1 fully saturated rings. The number of benzene rings is 1. The van der Waals surface area contributed by atoms with Gasteiger partial charge in [-0.05, 0) is 51.3 Å². The highest BCUT2D eigenvalue weighted by Gasteiger charge is 2.17. The zero-order valence-corrected chi connectivity index (χ0v) is 14.2. The van der Waals surface area contributed by atoms with Crippen molar-refractivity contribution in [1.29, 1.82) is 0 Å². The molecule has 1 heterocycles. The smallest absolute Gasteiger partial charge is 0.315 e. The molecule has 5 nitrogen and oxygen atoms in total. The summed E-state index contributed by atoms with van der Waals surface area (Å²) in [4.78, 5) is 16.6. The summed E-state index contributed by atoms with van der Waals surface area (Å²) in [5.74, 6) is 1.03. The number of imidazole rings is 1. The van der Waals surface area contributed by atoms with Crippen LogP contribution >= 0.6 is 0 Å². The lowest BCUT2D eigenvalue weighted by Crippen LogP contribution is -2.40. The van der Waals surface area contributed by atoms with E-state index in [1.54, 1.807) is 0 Å². The molecule has 124 valence electrons. The van der Waals surface area contributed by atoms with Crippen LogP contribution in [0.2, 0.25) is 0 Å². The van der Waals surface area contributed by atoms with Gasteiger partial charge in [0.05, 0.1) is 11.0 Å². The largest absolute Gasteiger partial charge is 0.335 e. The minimum Gasteiger partial charge on any atom is -0.335 e. The predicted molar refractivity (Wildman–Crippen MR) is 92.5 cm³/mol. The van der Waals surface area contributed by atoms with Gasteiger partial charge >= 0.3 is 6.03 Å². The summed E-state index contributed by atoms with van der Waals surface area (Å²) in [5.41, 5.74) is 3.22. The third kappa shape index (κ3) is 3.49. The van der Waals surface area contributed by atoms with Gasteiger partial charge in [-0.25, -0.2) is 9.78 Å². The molecule has 23 heavy (non-hydrogen) atoms. The number of aryl methyl sites for hydroxylation is 1. The fourth-order valence-corrected chi connectivity index (χ4v) is 3.52. The molecule has 1 aliphatic rings. The second-order valence-electron chi connectivity index (χ2n) is 6.75. The lowest BCUT2D eigenvalue weighted by molar-refractivity contribution is 0.236. The van der Waals surface area contributed by atoms with Crippen LogP contribution in [0, 0.1) is 6.92 Å². The maximum atomic E-state index is 11.9. The second kappa shape index (κ2) is 6.60. The number of carbonyl (C=O) groups excluding carboxylic acids is 1. The summed E-state index contributed by atoms with van der Waals surface area (Å²) >= 11 is 0. The number of hydrogen-bond acceptors (Lipinski definition) is 2. The van der Waals surface area contributed by atoms with E-state index >= 15 is 0 Å². The van der Waals surface area contributed by atoms with E-state index in [0.29, 0.717) is 18.6 Å². The first-order chi connectivity index (χ1) is 11.0. The molecule has 0 atom stereocenters. The summed E-state index contributed by atoms with van der Waals surface area (Å²) in [6, 6.07) is 6.90. The van der Waals surface area contributed by atoms with Gasteiger partial charge < -0.3 is 15.2 Å². The summed E-state index contributed by atoms with van der Waals surface area (Å²) in [6.07, 6.45) is 4.65.